The maximum Gasteiger partial charge on any atom is 0.311 e. The highest BCUT2D eigenvalue weighted by molar-refractivity contribution is 5.73. The summed E-state index contributed by atoms with van der Waals surface area (Å²) in [5.74, 6) is -1.22. The van der Waals surface area contributed by atoms with Gasteiger partial charge in [-0.1, -0.05) is 168 Å². The van der Waals surface area contributed by atoms with E-state index in [1.54, 1.807) is 0 Å². The second-order valence-corrected chi connectivity index (χ2v) is 14.5. The highest BCUT2D eigenvalue weighted by Crippen LogP contribution is 2.28. The first-order chi connectivity index (χ1) is 22.8. The molecular weight excluding hydrogens is 596 g/mol. The minimum absolute atomic E-state index is 0.0511. The molecule has 0 bridgehead atoms. The topological polar surface area (TPSA) is 126 Å². The van der Waals surface area contributed by atoms with E-state index in [4.69, 9.17) is 14.2 Å². The molecule has 4 N–H and O–H groups in total. The van der Waals surface area contributed by atoms with Crippen molar-refractivity contribution < 1.29 is 39.4 Å². The van der Waals surface area contributed by atoms with Gasteiger partial charge in [-0.15, -0.1) is 0 Å². The highest BCUT2D eigenvalue weighted by atomic mass is 16.7. The summed E-state index contributed by atoms with van der Waals surface area (Å²) in [4.78, 5) is 13.4. The SMILES string of the molecule is CCCCCCCCCCCCCCC[C@H](O)[C@@H](C(=O)OC[C@H]1O[C@H](OC)[C@H](O)[C@@H](O)[C@@H]1O)[C@@H](C)CCCCCCCCCCCC. The zero-order valence-electron chi connectivity index (χ0n) is 30.9. The Hall–Kier alpha value is -0.770. The minimum atomic E-state index is -1.48. The van der Waals surface area contributed by atoms with E-state index in [0.717, 1.165) is 38.5 Å². The van der Waals surface area contributed by atoms with Gasteiger partial charge >= 0.3 is 5.97 Å². The average Bonchev–Trinajstić information content (AvgIpc) is 3.06. The van der Waals surface area contributed by atoms with Crippen molar-refractivity contribution in [2.24, 2.45) is 11.8 Å². The van der Waals surface area contributed by atoms with Gasteiger partial charge in [-0.2, -0.15) is 0 Å². The number of hydrogen-bond acceptors (Lipinski definition) is 8. The second-order valence-electron chi connectivity index (χ2n) is 14.5. The normalized spacial score (nSPS) is 23.4. The molecule has 1 heterocycles. The molecule has 0 amide bonds. The number of ether oxygens (including phenoxy) is 3. The number of esters is 1. The van der Waals surface area contributed by atoms with Crippen molar-refractivity contribution >= 4 is 5.97 Å². The molecule has 8 atom stereocenters. The molecule has 1 rings (SSSR count). The fourth-order valence-corrected chi connectivity index (χ4v) is 6.96. The van der Waals surface area contributed by atoms with Crippen LogP contribution >= 0.6 is 0 Å². The van der Waals surface area contributed by atoms with Crippen LogP contribution in [0.4, 0.5) is 0 Å². The first kappa shape index (κ1) is 44.3. The largest absolute Gasteiger partial charge is 0.463 e. The summed E-state index contributed by atoms with van der Waals surface area (Å²) in [5.41, 5.74) is 0. The van der Waals surface area contributed by atoms with Crippen LogP contribution in [0.1, 0.15) is 181 Å². The molecule has 8 heteroatoms. The standard InChI is InChI=1S/C39H76O8/c1-5-7-9-11-13-15-17-18-19-21-23-25-27-29-32(40)34(31(3)28-26-24-22-20-16-14-12-10-8-6-2)38(44)46-30-33-35(41)36(42)37(43)39(45-4)47-33/h31-37,39-43H,5-30H2,1-4H3/t31-,32-,33+,34-,35+,36-,37+,39-/m0/s1. The van der Waals surface area contributed by atoms with Gasteiger partial charge in [0.05, 0.1) is 12.0 Å². The molecule has 0 aliphatic carbocycles. The minimum Gasteiger partial charge on any atom is -0.463 e. The monoisotopic (exact) mass is 673 g/mol. The molecule has 1 aliphatic heterocycles. The van der Waals surface area contributed by atoms with E-state index in [-0.39, 0.29) is 12.5 Å². The zero-order valence-corrected chi connectivity index (χ0v) is 30.9. The van der Waals surface area contributed by atoms with E-state index < -0.39 is 48.7 Å². The Kier molecular flexibility index (Phi) is 27.3. The van der Waals surface area contributed by atoms with Crippen LogP contribution in [0.15, 0.2) is 0 Å². The molecule has 47 heavy (non-hydrogen) atoms. The van der Waals surface area contributed by atoms with Crippen molar-refractivity contribution in [2.75, 3.05) is 13.7 Å². The predicted molar refractivity (Wildman–Crippen MR) is 190 cm³/mol. The van der Waals surface area contributed by atoms with Gasteiger partial charge in [0.25, 0.3) is 0 Å². The van der Waals surface area contributed by atoms with Gasteiger partial charge in [0.2, 0.25) is 0 Å². The fourth-order valence-electron chi connectivity index (χ4n) is 6.96. The number of aliphatic hydroxyl groups excluding tert-OH is 4. The second kappa shape index (κ2) is 29.0. The maximum absolute atomic E-state index is 13.4. The van der Waals surface area contributed by atoms with E-state index in [9.17, 15) is 25.2 Å². The van der Waals surface area contributed by atoms with Gasteiger partial charge in [0.1, 0.15) is 31.0 Å². The Morgan fingerprint density at radius 1 is 0.617 bits per heavy atom. The lowest BCUT2D eigenvalue weighted by Gasteiger charge is -2.39. The average molecular weight is 673 g/mol. The molecule has 0 radical (unpaired) electrons. The van der Waals surface area contributed by atoms with Gasteiger partial charge in [-0.3, -0.25) is 4.79 Å². The highest BCUT2D eigenvalue weighted by Gasteiger charge is 2.45. The van der Waals surface area contributed by atoms with Crippen LogP contribution in [0, 0.1) is 11.8 Å². The molecule has 1 aliphatic rings. The van der Waals surface area contributed by atoms with Crippen LogP contribution in [0.3, 0.4) is 0 Å². The number of unbranched alkanes of at least 4 members (excludes halogenated alkanes) is 21. The number of methoxy groups -OCH3 is 1. The molecule has 280 valence electrons. The lowest BCUT2D eigenvalue weighted by atomic mass is 9.83. The molecule has 0 aromatic heterocycles. The van der Waals surface area contributed by atoms with Crippen LogP contribution in [-0.2, 0) is 19.0 Å². The van der Waals surface area contributed by atoms with Gasteiger partial charge in [0.15, 0.2) is 6.29 Å². The first-order valence-corrected chi connectivity index (χ1v) is 19.9. The zero-order chi connectivity index (χ0) is 34.7. The number of carbonyl (C=O) groups is 1. The number of hydrogen-bond donors (Lipinski definition) is 4. The van der Waals surface area contributed by atoms with Crippen molar-refractivity contribution in [2.45, 2.75) is 218 Å². The Morgan fingerprint density at radius 3 is 1.45 bits per heavy atom. The third kappa shape index (κ3) is 19.9. The van der Waals surface area contributed by atoms with Crippen LogP contribution in [-0.4, -0.2) is 76.9 Å². The van der Waals surface area contributed by atoms with Crippen molar-refractivity contribution in [3.05, 3.63) is 0 Å². The Labute approximate surface area is 288 Å². The van der Waals surface area contributed by atoms with Crippen LogP contribution < -0.4 is 0 Å². The lowest BCUT2D eigenvalue weighted by Crippen LogP contribution is -2.59. The molecule has 0 spiro atoms. The predicted octanol–water partition coefficient (Wildman–Crippen LogP) is 8.39. The van der Waals surface area contributed by atoms with Crippen molar-refractivity contribution in [1.29, 1.82) is 0 Å². The van der Waals surface area contributed by atoms with Gasteiger partial charge in [0, 0.05) is 7.11 Å². The molecule has 0 unspecified atom stereocenters. The fraction of sp³-hybridized carbons (Fsp3) is 0.974. The number of rotatable bonds is 31. The summed E-state index contributed by atoms with van der Waals surface area (Å²) in [6.45, 7) is 6.23. The van der Waals surface area contributed by atoms with Crippen molar-refractivity contribution in [3.8, 4) is 0 Å². The van der Waals surface area contributed by atoms with E-state index in [0.29, 0.717) is 6.42 Å². The van der Waals surface area contributed by atoms with E-state index >= 15 is 0 Å². The van der Waals surface area contributed by atoms with Crippen LogP contribution in [0.25, 0.3) is 0 Å². The maximum atomic E-state index is 13.4. The summed E-state index contributed by atoms with van der Waals surface area (Å²) in [7, 11) is 1.33. The summed E-state index contributed by atoms with van der Waals surface area (Å²) in [6.07, 6.45) is 22.9. The number of carbonyl (C=O) groups excluding carboxylic acids is 1. The molecule has 8 nitrogen and oxygen atoms in total. The van der Waals surface area contributed by atoms with Crippen LogP contribution in [0.5, 0.6) is 0 Å². The van der Waals surface area contributed by atoms with Crippen molar-refractivity contribution in [3.63, 3.8) is 0 Å². The lowest BCUT2D eigenvalue weighted by molar-refractivity contribution is -0.295. The quantitative estimate of drug-likeness (QED) is 0.0428. The van der Waals surface area contributed by atoms with Crippen LogP contribution in [0.2, 0.25) is 0 Å². The van der Waals surface area contributed by atoms with E-state index in [2.05, 4.69) is 13.8 Å². The molecule has 0 aromatic rings. The molecule has 0 saturated carbocycles. The third-order valence-electron chi connectivity index (χ3n) is 10.2. The van der Waals surface area contributed by atoms with E-state index in [1.807, 2.05) is 6.92 Å². The smallest absolute Gasteiger partial charge is 0.311 e. The summed E-state index contributed by atoms with van der Waals surface area (Å²) >= 11 is 0. The molecule has 1 fully saturated rings. The Bertz CT molecular complexity index is 719. The Balaban J connectivity index is 2.51. The van der Waals surface area contributed by atoms with Gasteiger partial charge in [-0.25, -0.2) is 0 Å². The number of aliphatic hydroxyl groups is 4. The van der Waals surface area contributed by atoms with Crippen molar-refractivity contribution in [1.82, 2.24) is 0 Å². The summed E-state index contributed by atoms with van der Waals surface area (Å²) < 4.78 is 16.2. The van der Waals surface area contributed by atoms with Gasteiger partial charge < -0.3 is 34.6 Å². The summed E-state index contributed by atoms with van der Waals surface area (Å²) in [5, 5.41) is 41.9. The van der Waals surface area contributed by atoms with E-state index in [1.165, 1.54) is 123 Å². The molecule has 0 aromatic carbocycles. The van der Waals surface area contributed by atoms with Gasteiger partial charge in [-0.05, 0) is 18.8 Å². The molecule has 1 saturated heterocycles. The summed E-state index contributed by atoms with van der Waals surface area (Å²) in [6, 6.07) is 0. The first-order valence-electron chi connectivity index (χ1n) is 19.9. The third-order valence-corrected chi connectivity index (χ3v) is 10.2. The Morgan fingerprint density at radius 2 is 1.02 bits per heavy atom. The molecular formula is C39H76O8.